The molecule has 0 saturated carbocycles. The third kappa shape index (κ3) is 2.61. The van der Waals surface area contributed by atoms with Crippen LogP contribution in [-0.2, 0) is 6.54 Å². The van der Waals surface area contributed by atoms with Crippen LogP contribution in [0.4, 0.5) is 4.39 Å². The molecule has 0 amide bonds. The Morgan fingerprint density at radius 2 is 1.74 bits per heavy atom. The van der Waals surface area contributed by atoms with Gasteiger partial charge in [-0.3, -0.25) is 0 Å². The molecule has 2 rings (SSSR count). The standard InChI is InChI=1S/C16H18FNO/c1-10-6-12(7-11(2)16(10)19-3)15-5-4-14(17)8-13(15)9-18/h4-8H,9,18H2,1-3H3. The van der Waals surface area contributed by atoms with E-state index >= 15 is 0 Å². The summed E-state index contributed by atoms with van der Waals surface area (Å²) in [7, 11) is 1.66. The first kappa shape index (κ1) is 13.6. The third-order valence-corrected chi connectivity index (χ3v) is 3.26. The van der Waals surface area contributed by atoms with Crippen molar-refractivity contribution in [3.8, 4) is 16.9 Å². The van der Waals surface area contributed by atoms with Gasteiger partial charge in [0.15, 0.2) is 0 Å². The Hall–Kier alpha value is -1.87. The molecule has 0 radical (unpaired) electrons. The van der Waals surface area contributed by atoms with Crippen LogP contribution in [0.5, 0.6) is 5.75 Å². The summed E-state index contributed by atoms with van der Waals surface area (Å²) in [5, 5.41) is 0. The van der Waals surface area contributed by atoms with Crippen molar-refractivity contribution in [1.29, 1.82) is 0 Å². The summed E-state index contributed by atoms with van der Waals surface area (Å²) in [6, 6.07) is 8.81. The lowest BCUT2D eigenvalue weighted by molar-refractivity contribution is 0.408. The number of ether oxygens (including phenoxy) is 1. The maximum Gasteiger partial charge on any atom is 0.124 e. The van der Waals surface area contributed by atoms with Crippen LogP contribution in [0.25, 0.3) is 11.1 Å². The molecular formula is C16H18FNO. The predicted octanol–water partition coefficient (Wildman–Crippen LogP) is 3.58. The van der Waals surface area contributed by atoms with Crippen LogP contribution in [0.1, 0.15) is 16.7 Å². The number of nitrogens with two attached hydrogens (primary N) is 1. The van der Waals surface area contributed by atoms with Gasteiger partial charge in [0.1, 0.15) is 11.6 Å². The second-order valence-corrected chi connectivity index (χ2v) is 4.65. The van der Waals surface area contributed by atoms with Crippen LogP contribution in [0.3, 0.4) is 0 Å². The molecule has 0 aromatic heterocycles. The van der Waals surface area contributed by atoms with Crippen molar-refractivity contribution in [2.24, 2.45) is 5.73 Å². The second kappa shape index (κ2) is 5.41. The normalized spacial score (nSPS) is 10.6. The molecule has 2 aromatic carbocycles. The van der Waals surface area contributed by atoms with Crippen molar-refractivity contribution in [3.05, 3.63) is 52.8 Å². The molecule has 2 aromatic rings. The van der Waals surface area contributed by atoms with Gasteiger partial charge in [0.05, 0.1) is 7.11 Å². The van der Waals surface area contributed by atoms with Crippen molar-refractivity contribution < 1.29 is 9.13 Å². The quantitative estimate of drug-likeness (QED) is 0.914. The number of methoxy groups -OCH3 is 1. The van der Waals surface area contributed by atoms with Crippen LogP contribution in [0.15, 0.2) is 30.3 Å². The van der Waals surface area contributed by atoms with E-state index in [1.54, 1.807) is 13.2 Å². The lowest BCUT2D eigenvalue weighted by Gasteiger charge is -2.13. The lowest BCUT2D eigenvalue weighted by Crippen LogP contribution is -2.00. The van der Waals surface area contributed by atoms with Gasteiger partial charge >= 0.3 is 0 Å². The fourth-order valence-corrected chi connectivity index (χ4v) is 2.44. The Morgan fingerprint density at radius 3 is 2.26 bits per heavy atom. The minimum Gasteiger partial charge on any atom is -0.496 e. The van der Waals surface area contributed by atoms with Crippen LogP contribution in [-0.4, -0.2) is 7.11 Å². The first-order valence-corrected chi connectivity index (χ1v) is 6.21. The van der Waals surface area contributed by atoms with E-state index in [-0.39, 0.29) is 5.82 Å². The van der Waals surface area contributed by atoms with E-state index in [0.29, 0.717) is 6.54 Å². The van der Waals surface area contributed by atoms with E-state index in [1.807, 2.05) is 26.0 Å². The van der Waals surface area contributed by atoms with E-state index in [4.69, 9.17) is 10.5 Å². The molecule has 0 spiro atoms. The van der Waals surface area contributed by atoms with Gasteiger partial charge in [-0.05, 0) is 65.9 Å². The highest BCUT2D eigenvalue weighted by molar-refractivity contribution is 5.70. The monoisotopic (exact) mass is 259 g/mol. The van der Waals surface area contributed by atoms with Gasteiger partial charge in [-0.1, -0.05) is 6.07 Å². The third-order valence-electron chi connectivity index (χ3n) is 3.26. The predicted molar refractivity (Wildman–Crippen MR) is 75.8 cm³/mol. The Kier molecular flexibility index (Phi) is 3.86. The Bertz CT molecular complexity index is 585. The van der Waals surface area contributed by atoms with Gasteiger partial charge in [0, 0.05) is 6.54 Å². The molecule has 0 bridgehead atoms. The summed E-state index contributed by atoms with van der Waals surface area (Å²) in [6.07, 6.45) is 0. The summed E-state index contributed by atoms with van der Waals surface area (Å²) >= 11 is 0. The highest BCUT2D eigenvalue weighted by atomic mass is 19.1. The number of halogens is 1. The van der Waals surface area contributed by atoms with Gasteiger partial charge in [0.2, 0.25) is 0 Å². The zero-order valence-corrected chi connectivity index (χ0v) is 11.5. The first-order chi connectivity index (χ1) is 9.06. The van der Waals surface area contributed by atoms with Gasteiger partial charge in [-0.15, -0.1) is 0 Å². The van der Waals surface area contributed by atoms with Crippen LogP contribution in [0, 0.1) is 19.7 Å². The average Bonchev–Trinajstić information content (AvgIpc) is 2.38. The van der Waals surface area contributed by atoms with Crippen molar-refractivity contribution >= 4 is 0 Å². The van der Waals surface area contributed by atoms with Crippen LogP contribution in [0.2, 0.25) is 0 Å². The zero-order valence-electron chi connectivity index (χ0n) is 11.5. The molecule has 2 N–H and O–H groups in total. The summed E-state index contributed by atoms with van der Waals surface area (Å²) in [6.45, 7) is 4.32. The molecule has 0 aliphatic heterocycles. The van der Waals surface area contributed by atoms with E-state index in [9.17, 15) is 4.39 Å². The SMILES string of the molecule is COc1c(C)cc(-c2ccc(F)cc2CN)cc1C. The molecular weight excluding hydrogens is 241 g/mol. The molecule has 19 heavy (non-hydrogen) atoms. The van der Waals surface area contributed by atoms with E-state index in [0.717, 1.165) is 33.6 Å². The van der Waals surface area contributed by atoms with Crippen LogP contribution < -0.4 is 10.5 Å². The Balaban J connectivity index is 2.59. The van der Waals surface area contributed by atoms with Crippen molar-refractivity contribution in [2.75, 3.05) is 7.11 Å². The molecule has 0 aliphatic carbocycles. The molecule has 100 valence electrons. The van der Waals surface area contributed by atoms with E-state index in [1.165, 1.54) is 12.1 Å². The number of hydrogen-bond donors (Lipinski definition) is 1. The summed E-state index contributed by atoms with van der Waals surface area (Å²) in [5.41, 5.74) is 10.6. The van der Waals surface area contributed by atoms with Crippen molar-refractivity contribution in [3.63, 3.8) is 0 Å². The number of hydrogen-bond acceptors (Lipinski definition) is 2. The molecule has 0 aliphatic rings. The highest BCUT2D eigenvalue weighted by Crippen LogP contribution is 2.31. The summed E-state index contributed by atoms with van der Waals surface area (Å²) < 4.78 is 18.6. The molecule has 0 heterocycles. The van der Waals surface area contributed by atoms with Gasteiger partial charge in [0.25, 0.3) is 0 Å². The minimum absolute atomic E-state index is 0.258. The summed E-state index contributed by atoms with van der Waals surface area (Å²) in [4.78, 5) is 0. The molecule has 0 saturated heterocycles. The number of benzene rings is 2. The van der Waals surface area contributed by atoms with Gasteiger partial charge in [-0.2, -0.15) is 0 Å². The first-order valence-electron chi connectivity index (χ1n) is 6.21. The Labute approximate surface area is 113 Å². The van der Waals surface area contributed by atoms with E-state index < -0.39 is 0 Å². The largest absolute Gasteiger partial charge is 0.496 e. The minimum atomic E-state index is -0.258. The summed E-state index contributed by atoms with van der Waals surface area (Å²) in [5.74, 6) is 0.631. The van der Waals surface area contributed by atoms with Gasteiger partial charge in [-0.25, -0.2) is 4.39 Å². The zero-order chi connectivity index (χ0) is 14.0. The van der Waals surface area contributed by atoms with E-state index in [2.05, 4.69) is 0 Å². The average molecular weight is 259 g/mol. The molecule has 0 atom stereocenters. The molecule has 2 nitrogen and oxygen atoms in total. The smallest absolute Gasteiger partial charge is 0.124 e. The van der Waals surface area contributed by atoms with Gasteiger partial charge < -0.3 is 10.5 Å². The number of rotatable bonds is 3. The fraction of sp³-hybridized carbons (Fsp3) is 0.250. The van der Waals surface area contributed by atoms with Crippen molar-refractivity contribution in [2.45, 2.75) is 20.4 Å². The topological polar surface area (TPSA) is 35.2 Å². The van der Waals surface area contributed by atoms with Crippen LogP contribution >= 0.6 is 0 Å². The molecule has 0 unspecified atom stereocenters. The van der Waals surface area contributed by atoms with Crippen molar-refractivity contribution in [1.82, 2.24) is 0 Å². The fourth-order valence-electron chi connectivity index (χ4n) is 2.44. The number of aryl methyl sites for hydroxylation is 2. The maximum atomic E-state index is 13.3. The highest BCUT2D eigenvalue weighted by Gasteiger charge is 2.10. The maximum absolute atomic E-state index is 13.3. The lowest BCUT2D eigenvalue weighted by atomic mass is 9.96. The molecule has 0 fully saturated rings. The molecule has 3 heteroatoms. The second-order valence-electron chi connectivity index (χ2n) is 4.65. The Morgan fingerprint density at radius 1 is 1.11 bits per heavy atom.